The van der Waals surface area contributed by atoms with Gasteiger partial charge >= 0.3 is 0 Å². The number of nitrogens with zero attached hydrogens (tertiary/aromatic N) is 4. The molecule has 0 bridgehead atoms. The van der Waals surface area contributed by atoms with Crippen molar-refractivity contribution in [1.29, 1.82) is 0 Å². The molecule has 0 atom stereocenters. The predicted molar refractivity (Wildman–Crippen MR) is 225 cm³/mol. The smallest absolute Gasteiger partial charge is 0.180 e. The van der Waals surface area contributed by atoms with Gasteiger partial charge in [-0.1, -0.05) is 152 Å². The lowest BCUT2D eigenvalue weighted by Gasteiger charge is -2.15. The Labute approximate surface area is 321 Å². The molecule has 0 unspecified atom stereocenters. The third kappa shape index (κ3) is 5.27. The number of rotatable bonds is 6. The Morgan fingerprint density at radius 2 is 0.732 bits per heavy atom. The Morgan fingerprint density at radius 3 is 1.34 bits per heavy atom. The fourth-order valence-electron chi connectivity index (χ4n) is 7.72. The lowest BCUT2D eigenvalue weighted by molar-refractivity contribution is 0.667. The lowest BCUT2D eigenvalue weighted by atomic mass is 9.90. The summed E-state index contributed by atoms with van der Waals surface area (Å²) < 4.78 is 13.0. The van der Waals surface area contributed by atoms with E-state index in [0.29, 0.717) is 22.8 Å². The van der Waals surface area contributed by atoms with Crippen LogP contribution in [0.3, 0.4) is 0 Å². The normalized spacial score (nSPS) is 11.6. The Bertz CT molecular complexity index is 3260. The van der Waals surface area contributed by atoms with Gasteiger partial charge in [0.2, 0.25) is 0 Å². The highest BCUT2D eigenvalue weighted by atomic mass is 16.3. The summed E-state index contributed by atoms with van der Waals surface area (Å²) in [6.45, 7) is 0. The molecule has 7 aromatic carbocycles. The van der Waals surface area contributed by atoms with E-state index in [1.165, 1.54) is 0 Å². The van der Waals surface area contributed by atoms with Gasteiger partial charge in [0, 0.05) is 33.0 Å². The molecule has 0 spiro atoms. The van der Waals surface area contributed by atoms with Crippen molar-refractivity contribution in [3.05, 3.63) is 182 Å². The molecule has 4 heterocycles. The van der Waals surface area contributed by atoms with Crippen LogP contribution in [0.5, 0.6) is 0 Å². The Morgan fingerprint density at radius 1 is 0.304 bits per heavy atom. The maximum atomic E-state index is 6.55. The van der Waals surface area contributed by atoms with Crippen LogP contribution in [-0.2, 0) is 0 Å². The molecule has 0 aliphatic heterocycles. The predicted octanol–water partition coefficient (Wildman–Crippen LogP) is 13.1. The third-order valence-electron chi connectivity index (χ3n) is 10.3. The first-order chi connectivity index (χ1) is 27.8. The maximum Gasteiger partial charge on any atom is 0.180 e. The summed E-state index contributed by atoms with van der Waals surface area (Å²) in [6, 6.07) is 61.7. The highest BCUT2D eigenvalue weighted by Gasteiger charge is 2.22. The van der Waals surface area contributed by atoms with Crippen LogP contribution in [0, 0.1) is 0 Å². The summed E-state index contributed by atoms with van der Waals surface area (Å²) in [6.07, 6.45) is 0. The van der Waals surface area contributed by atoms with Crippen molar-refractivity contribution in [2.24, 2.45) is 0 Å². The quantitative estimate of drug-likeness (QED) is 0.170. The van der Waals surface area contributed by atoms with Gasteiger partial charge in [-0.3, -0.25) is 0 Å². The number of furan rings is 2. The minimum absolute atomic E-state index is 0.645. The van der Waals surface area contributed by atoms with Crippen molar-refractivity contribution in [3.8, 4) is 67.5 Å². The van der Waals surface area contributed by atoms with E-state index >= 15 is 0 Å². The van der Waals surface area contributed by atoms with Crippen molar-refractivity contribution in [1.82, 2.24) is 19.9 Å². The number of para-hydroxylation sites is 2. The SMILES string of the molecule is c1ccc(-c2nc(-c3cccc(-c4ccccc4-c4ccccc4-c4nc(-c5ccccc5)nc5c4oc4ccccc45)c3)c3oc4ccccc4c3n2)cc1. The van der Waals surface area contributed by atoms with Gasteiger partial charge in [-0.2, -0.15) is 0 Å². The first-order valence-corrected chi connectivity index (χ1v) is 18.6. The van der Waals surface area contributed by atoms with E-state index in [9.17, 15) is 0 Å². The molecule has 0 saturated heterocycles. The second kappa shape index (κ2) is 13.0. The van der Waals surface area contributed by atoms with Gasteiger partial charge in [-0.15, -0.1) is 0 Å². The van der Waals surface area contributed by atoms with Gasteiger partial charge in [0.15, 0.2) is 22.8 Å². The molecule has 11 rings (SSSR count). The molecule has 0 amide bonds. The van der Waals surface area contributed by atoms with E-state index in [-0.39, 0.29) is 0 Å². The van der Waals surface area contributed by atoms with Crippen LogP contribution in [0.25, 0.3) is 112 Å². The fraction of sp³-hybridized carbons (Fsp3) is 0. The summed E-state index contributed by atoms with van der Waals surface area (Å²) in [5.74, 6) is 1.29. The van der Waals surface area contributed by atoms with Gasteiger partial charge < -0.3 is 8.83 Å². The number of hydrogen-bond acceptors (Lipinski definition) is 6. The van der Waals surface area contributed by atoms with Crippen LogP contribution in [0.2, 0.25) is 0 Å². The van der Waals surface area contributed by atoms with E-state index in [0.717, 1.165) is 88.9 Å². The molecule has 0 aliphatic rings. The van der Waals surface area contributed by atoms with Crippen molar-refractivity contribution in [2.75, 3.05) is 0 Å². The summed E-state index contributed by atoms with van der Waals surface area (Å²) >= 11 is 0. The van der Waals surface area contributed by atoms with Crippen LogP contribution < -0.4 is 0 Å². The van der Waals surface area contributed by atoms with Crippen molar-refractivity contribution in [3.63, 3.8) is 0 Å². The summed E-state index contributed by atoms with van der Waals surface area (Å²) in [7, 11) is 0. The number of aromatic nitrogens is 4. The zero-order valence-corrected chi connectivity index (χ0v) is 29.9. The van der Waals surface area contributed by atoms with Gasteiger partial charge in [-0.25, -0.2) is 19.9 Å². The Hall–Kier alpha value is -7.70. The highest BCUT2D eigenvalue weighted by Crippen LogP contribution is 2.43. The molecule has 56 heavy (non-hydrogen) atoms. The lowest BCUT2D eigenvalue weighted by Crippen LogP contribution is -1.96. The number of hydrogen-bond donors (Lipinski definition) is 0. The highest BCUT2D eigenvalue weighted by molar-refractivity contribution is 6.09. The molecule has 0 aliphatic carbocycles. The molecule has 6 heteroatoms. The zero-order valence-electron chi connectivity index (χ0n) is 29.9. The second-order valence-corrected chi connectivity index (χ2v) is 13.7. The Kier molecular flexibility index (Phi) is 7.38. The van der Waals surface area contributed by atoms with Crippen LogP contribution in [0.4, 0.5) is 0 Å². The van der Waals surface area contributed by atoms with E-state index < -0.39 is 0 Å². The first kappa shape index (κ1) is 31.8. The maximum absolute atomic E-state index is 6.55. The minimum atomic E-state index is 0.645. The minimum Gasteiger partial charge on any atom is -0.452 e. The molecular weight excluding hydrogens is 689 g/mol. The standard InChI is InChI=1S/C50H30N4O2/c1-3-16-31(17-4-1)49-51-43(47-45(53-49)39-26-11-13-28-41(39)55-47)34-21-15-20-33(30-34)35-22-7-8-23-36(35)37-24-9-10-25-38(37)44-48-46(40-27-12-14-29-42(40)56-48)54-50(52-44)32-18-5-2-6-19-32/h1-30H. The molecule has 0 radical (unpaired) electrons. The fourth-order valence-corrected chi connectivity index (χ4v) is 7.72. The number of fused-ring (bicyclic) bond motifs is 6. The monoisotopic (exact) mass is 718 g/mol. The Balaban J connectivity index is 1.10. The molecule has 4 aromatic heterocycles. The van der Waals surface area contributed by atoms with Crippen molar-refractivity contribution >= 4 is 44.1 Å². The van der Waals surface area contributed by atoms with E-state index in [2.05, 4.69) is 84.9 Å². The van der Waals surface area contributed by atoms with Gasteiger partial charge in [-0.05, 0) is 52.6 Å². The van der Waals surface area contributed by atoms with Crippen LogP contribution in [-0.4, -0.2) is 19.9 Å². The van der Waals surface area contributed by atoms with Crippen LogP contribution in [0.15, 0.2) is 191 Å². The van der Waals surface area contributed by atoms with Gasteiger partial charge in [0.1, 0.15) is 33.6 Å². The molecule has 6 nitrogen and oxygen atoms in total. The summed E-state index contributed by atoms with van der Waals surface area (Å²) in [4.78, 5) is 20.5. The summed E-state index contributed by atoms with van der Waals surface area (Å²) in [5.41, 5.74) is 13.9. The molecular formula is C50H30N4O2. The average molecular weight is 719 g/mol. The van der Waals surface area contributed by atoms with Gasteiger partial charge in [0.05, 0.1) is 0 Å². The van der Waals surface area contributed by atoms with Gasteiger partial charge in [0.25, 0.3) is 0 Å². The third-order valence-corrected chi connectivity index (χ3v) is 10.3. The van der Waals surface area contributed by atoms with E-state index in [1.807, 2.05) is 97.1 Å². The van der Waals surface area contributed by atoms with Crippen LogP contribution >= 0.6 is 0 Å². The van der Waals surface area contributed by atoms with E-state index in [1.54, 1.807) is 0 Å². The van der Waals surface area contributed by atoms with E-state index in [4.69, 9.17) is 28.8 Å². The molecule has 0 N–H and O–H groups in total. The molecule has 0 saturated carbocycles. The molecule has 0 fully saturated rings. The largest absolute Gasteiger partial charge is 0.452 e. The summed E-state index contributed by atoms with van der Waals surface area (Å²) in [5, 5.41) is 1.91. The van der Waals surface area contributed by atoms with Crippen LogP contribution in [0.1, 0.15) is 0 Å². The zero-order chi connectivity index (χ0) is 37.0. The average Bonchev–Trinajstić information content (AvgIpc) is 3.85. The molecule has 11 aromatic rings. The first-order valence-electron chi connectivity index (χ1n) is 18.6. The number of benzene rings is 7. The topological polar surface area (TPSA) is 77.8 Å². The second-order valence-electron chi connectivity index (χ2n) is 13.7. The van der Waals surface area contributed by atoms with Crippen molar-refractivity contribution < 1.29 is 8.83 Å². The molecule has 262 valence electrons. The van der Waals surface area contributed by atoms with Crippen molar-refractivity contribution in [2.45, 2.75) is 0 Å².